The summed E-state index contributed by atoms with van der Waals surface area (Å²) in [4.78, 5) is 0. The van der Waals surface area contributed by atoms with E-state index in [0.717, 1.165) is 11.3 Å². The maximum Gasteiger partial charge on any atom is 0.131 e. The van der Waals surface area contributed by atoms with E-state index >= 15 is 0 Å². The van der Waals surface area contributed by atoms with Gasteiger partial charge in [-0.3, -0.25) is 0 Å². The van der Waals surface area contributed by atoms with E-state index in [4.69, 9.17) is 15.2 Å². The van der Waals surface area contributed by atoms with Crippen LogP contribution in [0.15, 0.2) is 42.5 Å². The normalized spacial score (nSPS) is 12.0. The molecule has 2 rings (SSSR count). The van der Waals surface area contributed by atoms with Gasteiger partial charge >= 0.3 is 0 Å². The van der Waals surface area contributed by atoms with Gasteiger partial charge in [0.2, 0.25) is 0 Å². The molecule has 2 aromatic carbocycles. The van der Waals surface area contributed by atoms with Gasteiger partial charge in [-0.1, -0.05) is 18.2 Å². The lowest BCUT2D eigenvalue weighted by Gasteiger charge is -2.15. The van der Waals surface area contributed by atoms with E-state index in [1.807, 2.05) is 24.3 Å². The van der Waals surface area contributed by atoms with Crippen molar-refractivity contribution in [2.24, 2.45) is 5.73 Å². The van der Waals surface area contributed by atoms with Gasteiger partial charge in [0.1, 0.15) is 23.9 Å². The fourth-order valence-electron chi connectivity index (χ4n) is 1.97. The second-order valence-electron chi connectivity index (χ2n) is 4.58. The van der Waals surface area contributed by atoms with Crippen LogP contribution in [-0.2, 0) is 6.61 Å². The first-order valence-corrected chi connectivity index (χ1v) is 6.41. The highest BCUT2D eigenvalue weighted by molar-refractivity contribution is 5.37. The van der Waals surface area contributed by atoms with Crippen LogP contribution in [0.3, 0.4) is 0 Å². The van der Waals surface area contributed by atoms with Gasteiger partial charge in [0.05, 0.1) is 7.11 Å². The van der Waals surface area contributed by atoms with Gasteiger partial charge in [-0.15, -0.1) is 0 Å². The van der Waals surface area contributed by atoms with Crippen molar-refractivity contribution in [3.8, 4) is 11.5 Å². The Hall–Kier alpha value is -2.07. The average molecular weight is 275 g/mol. The number of nitrogens with two attached hydrogens (primary N) is 1. The summed E-state index contributed by atoms with van der Waals surface area (Å²) in [6.45, 7) is 2.09. The van der Waals surface area contributed by atoms with Crippen LogP contribution < -0.4 is 15.2 Å². The molecule has 0 heterocycles. The predicted molar refractivity (Wildman–Crippen MR) is 76.3 cm³/mol. The molecule has 4 heteroatoms. The summed E-state index contributed by atoms with van der Waals surface area (Å²) in [5, 5.41) is 0. The van der Waals surface area contributed by atoms with Gasteiger partial charge < -0.3 is 15.2 Å². The first-order valence-electron chi connectivity index (χ1n) is 6.41. The predicted octanol–water partition coefficient (Wildman–Crippen LogP) is 3.43. The second-order valence-corrected chi connectivity index (χ2v) is 4.58. The van der Waals surface area contributed by atoms with Crippen molar-refractivity contribution < 1.29 is 13.9 Å². The Kier molecular flexibility index (Phi) is 4.58. The molecule has 0 aromatic heterocycles. The van der Waals surface area contributed by atoms with Gasteiger partial charge in [0, 0.05) is 11.6 Å². The molecular weight excluding hydrogens is 257 g/mol. The van der Waals surface area contributed by atoms with Crippen LogP contribution in [0, 0.1) is 5.82 Å². The lowest BCUT2D eigenvalue weighted by Crippen LogP contribution is -2.10. The van der Waals surface area contributed by atoms with Gasteiger partial charge in [-0.2, -0.15) is 0 Å². The number of hydrogen-bond acceptors (Lipinski definition) is 3. The first-order chi connectivity index (χ1) is 9.61. The lowest BCUT2D eigenvalue weighted by atomic mass is 10.1. The zero-order valence-corrected chi connectivity index (χ0v) is 11.6. The van der Waals surface area contributed by atoms with E-state index < -0.39 is 6.04 Å². The van der Waals surface area contributed by atoms with E-state index in [2.05, 4.69) is 0 Å². The van der Waals surface area contributed by atoms with Gasteiger partial charge in [-0.05, 0) is 36.8 Å². The molecule has 0 aliphatic rings. The van der Waals surface area contributed by atoms with Crippen molar-refractivity contribution >= 4 is 0 Å². The Morgan fingerprint density at radius 3 is 2.45 bits per heavy atom. The number of benzene rings is 2. The van der Waals surface area contributed by atoms with Crippen molar-refractivity contribution in [1.82, 2.24) is 0 Å². The Morgan fingerprint density at radius 1 is 1.15 bits per heavy atom. The molecule has 0 bridgehead atoms. The van der Waals surface area contributed by atoms with Crippen molar-refractivity contribution in [2.45, 2.75) is 19.6 Å². The topological polar surface area (TPSA) is 44.5 Å². The maximum absolute atomic E-state index is 13.7. The number of hydrogen-bond donors (Lipinski definition) is 1. The summed E-state index contributed by atoms with van der Waals surface area (Å²) in [7, 11) is 1.62. The average Bonchev–Trinajstić information content (AvgIpc) is 2.45. The van der Waals surface area contributed by atoms with E-state index in [1.165, 1.54) is 6.07 Å². The van der Waals surface area contributed by atoms with Crippen LogP contribution in [0.4, 0.5) is 4.39 Å². The van der Waals surface area contributed by atoms with Crippen molar-refractivity contribution in [1.29, 1.82) is 0 Å². The zero-order chi connectivity index (χ0) is 14.5. The van der Waals surface area contributed by atoms with E-state index in [-0.39, 0.29) is 5.82 Å². The molecule has 1 atom stereocenters. The largest absolute Gasteiger partial charge is 0.497 e. The molecule has 0 saturated heterocycles. The molecule has 0 radical (unpaired) electrons. The fraction of sp³-hybridized carbons (Fsp3) is 0.250. The van der Waals surface area contributed by atoms with Crippen molar-refractivity contribution in [2.75, 3.05) is 7.11 Å². The minimum atomic E-state index is -0.415. The Balaban J connectivity index is 2.12. The molecule has 106 valence electrons. The third-order valence-corrected chi connectivity index (χ3v) is 3.02. The molecule has 3 nitrogen and oxygen atoms in total. The highest BCUT2D eigenvalue weighted by Gasteiger charge is 2.13. The number of ether oxygens (including phenoxy) is 2. The molecule has 2 aromatic rings. The lowest BCUT2D eigenvalue weighted by molar-refractivity contribution is 0.298. The molecule has 0 amide bonds. The SMILES string of the molecule is COc1ccc(COc2cccc(F)c2C(C)N)cc1. The molecule has 2 N–H and O–H groups in total. The molecule has 1 unspecified atom stereocenters. The van der Waals surface area contributed by atoms with Crippen LogP contribution >= 0.6 is 0 Å². The van der Waals surface area contributed by atoms with Gasteiger partial charge in [0.15, 0.2) is 0 Å². The van der Waals surface area contributed by atoms with Crippen LogP contribution in [-0.4, -0.2) is 7.11 Å². The van der Waals surface area contributed by atoms with Crippen LogP contribution in [0.5, 0.6) is 11.5 Å². The van der Waals surface area contributed by atoms with E-state index in [0.29, 0.717) is 17.9 Å². The number of rotatable bonds is 5. The molecule has 0 saturated carbocycles. The minimum absolute atomic E-state index is 0.341. The Bertz CT molecular complexity index is 567. The van der Waals surface area contributed by atoms with Crippen LogP contribution in [0.2, 0.25) is 0 Å². The summed E-state index contributed by atoms with van der Waals surface area (Å²) < 4.78 is 24.5. The highest BCUT2D eigenvalue weighted by Crippen LogP contribution is 2.27. The standard InChI is InChI=1S/C16H18FNO2/c1-11(18)16-14(17)4-3-5-15(16)20-10-12-6-8-13(19-2)9-7-12/h3-9,11H,10,18H2,1-2H3. The van der Waals surface area contributed by atoms with Gasteiger partial charge in [-0.25, -0.2) is 4.39 Å². The first kappa shape index (κ1) is 14.3. The number of halogens is 1. The minimum Gasteiger partial charge on any atom is -0.497 e. The summed E-state index contributed by atoms with van der Waals surface area (Å²) >= 11 is 0. The summed E-state index contributed by atoms with van der Waals surface area (Å²) in [6, 6.07) is 11.8. The molecule has 20 heavy (non-hydrogen) atoms. The van der Waals surface area contributed by atoms with E-state index in [9.17, 15) is 4.39 Å². The molecule has 0 spiro atoms. The van der Waals surface area contributed by atoms with Crippen LogP contribution in [0.25, 0.3) is 0 Å². The van der Waals surface area contributed by atoms with E-state index in [1.54, 1.807) is 26.2 Å². The zero-order valence-electron chi connectivity index (χ0n) is 11.6. The van der Waals surface area contributed by atoms with Crippen LogP contribution in [0.1, 0.15) is 24.1 Å². The summed E-state index contributed by atoms with van der Waals surface area (Å²) in [5.41, 5.74) is 7.17. The molecule has 0 fully saturated rings. The molecule has 0 aliphatic heterocycles. The highest BCUT2D eigenvalue weighted by atomic mass is 19.1. The third-order valence-electron chi connectivity index (χ3n) is 3.02. The number of methoxy groups -OCH3 is 1. The quantitative estimate of drug-likeness (QED) is 0.909. The third kappa shape index (κ3) is 3.27. The fourth-order valence-corrected chi connectivity index (χ4v) is 1.97. The maximum atomic E-state index is 13.7. The smallest absolute Gasteiger partial charge is 0.131 e. The van der Waals surface area contributed by atoms with Gasteiger partial charge in [0.25, 0.3) is 0 Å². The van der Waals surface area contributed by atoms with Crippen molar-refractivity contribution in [3.05, 3.63) is 59.4 Å². The summed E-state index contributed by atoms with van der Waals surface area (Å²) in [6.07, 6.45) is 0. The second kappa shape index (κ2) is 6.39. The summed E-state index contributed by atoms with van der Waals surface area (Å²) in [5.74, 6) is 0.929. The Labute approximate surface area is 118 Å². The molecule has 0 aliphatic carbocycles. The monoisotopic (exact) mass is 275 g/mol. The Morgan fingerprint density at radius 2 is 1.85 bits per heavy atom. The molecular formula is C16H18FNO2. The van der Waals surface area contributed by atoms with Crippen molar-refractivity contribution in [3.63, 3.8) is 0 Å².